The number of ether oxygens (including phenoxy) is 1. The Labute approximate surface area is 241 Å². The van der Waals surface area contributed by atoms with Crippen molar-refractivity contribution in [2.24, 2.45) is 11.1 Å². The molecule has 1 aliphatic rings. The van der Waals surface area contributed by atoms with Gasteiger partial charge in [0, 0.05) is 49.3 Å². The number of fused-ring (bicyclic) bond motifs is 1. The van der Waals surface area contributed by atoms with Gasteiger partial charge in [0.15, 0.2) is 0 Å². The Morgan fingerprint density at radius 2 is 2.05 bits per heavy atom. The number of carbonyl (C=O) groups is 1. The lowest BCUT2D eigenvalue weighted by Crippen LogP contribution is -2.38. The summed E-state index contributed by atoms with van der Waals surface area (Å²) in [4.78, 5) is 23.3. The van der Waals surface area contributed by atoms with E-state index < -0.39 is 11.5 Å². The van der Waals surface area contributed by atoms with Crippen molar-refractivity contribution in [2.45, 2.75) is 58.1 Å². The largest absolute Gasteiger partial charge is 0.399 e. The van der Waals surface area contributed by atoms with Crippen molar-refractivity contribution in [3.05, 3.63) is 95.3 Å². The number of anilines is 1. The number of amides is 1. The van der Waals surface area contributed by atoms with Crippen LogP contribution in [0.2, 0.25) is 0 Å². The van der Waals surface area contributed by atoms with Crippen LogP contribution in [0, 0.1) is 12.3 Å². The fourth-order valence-electron chi connectivity index (χ4n) is 4.68. The second kappa shape index (κ2) is 13.8. The summed E-state index contributed by atoms with van der Waals surface area (Å²) in [6, 6.07) is 12.1. The van der Waals surface area contributed by atoms with E-state index >= 15 is 0 Å². The first kappa shape index (κ1) is 29.6. The zero-order valence-corrected chi connectivity index (χ0v) is 24.6. The summed E-state index contributed by atoms with van der Waals surface area (Å²) >= 11 is 1.77. The van der Waals surface area contributed by atoms with Crippen LogP contribution in [-0.4, -0.2) is 39.9 Å². The molecule has 0 saturated heterocycles. The molecule has 4 N–H and O–H groups in total. The Bertz CT molecular complexity index is 1310. The Morgan fingerprint density at radius 1 is 1.23 bits per heavy atom. The molecule has 0 bridgehead atoms. The van der Waals surface area contributed by atoms with E-state index in [4.69, 9.17) is 10.5 Å². The van der Waals surface area contributed by atoms with Crippen molar-refractivity contribution in [1.82, 2.24) is 19.6 Å². The van der Waals surface area contributed by atoms with Crippen molar-refractivity contribution < 1.29 is 9.53 Å². The number of carbonyl (C=O) groups excluding carboxylic acids is 1. The van der Waals surface area contributed by atoms with Gasteiger partial charge in [-0.1, -0.05) is 18.2 Å². The normalized spacial score (nSPS) is 15.2. The van der Waals surface area contributed by atoms with E-state index in [9.17, 15) is 4.79 Å². The molecule has 9 heteroatoms. The van der Waals surface area contributed by atoms with Crippen molar-refractivity contribution in [2.75, 3.05) is 25.0 Å². The number of rotatable bonds is 11. The molecule has 40 heavy (non-hydrogen) atoms. The minimum absolute atomic E-state index is 0.158. The lowest BCUT2D eigenvalue weighted by atomic mass is 9.80. The average molecular weight is 561 g/mol. The third kappa shape index (κ3) is 7.62. The minimum atomic E-state index is -0.914. The van der Waals surface area contributed by atoms with Crippen LogP contribution >= 0.6 is 11.9 Å². The molecule has 3 heterocycles. The van der Waals surface area contributed by atoms with Gasteiger partial charge in [-0.05, 0) is 92.9 Å². The SMILES string of the molecule is CCN/C=C(\N)COC(c1ccc(C)c(CN2CCCc3ccncc3S2)c1)C(C)(C)C(=O)Nc1cccnc1. The molecule has 8 nitrogen and oxygen atoms in total. The summed E-state index contributed by atoms with van der Waals surface area (Å²) in [6.07, 6.45) is 10.5. The highest BCUT2D eigenvalue weighted by molar-refractivity contribution is 7.97. The van der Waals surface area contributed by atoms with E-state index in [1.807, 2.05) is 39.2 Å². The molecule has 1 amide bonds. The molecule has 4 rings (SSSR count). The lowest BCUT2D eigenvalue weighted by Gasteiger charge is -2.34. The van der Waals surface area contributed by atoms with Gasteiger partial charge < -0.3 is 21.1 Å². The number of hydrogen-bond donors (Lipinski definition) is 3. The molecule has 212 valence electrons. The van der Waals surface area contributed by atoms with Crippen LogP contribution in [-0.2, 0) is 22.5 Å². The molecule has 2 aromatic heterocycles. The molecule has 0 spiro atoms. The van der Waals surface area contributed by atoms with Crippen LogP contribution < -0.4 is 16.4 Å². The third-order valence-electron chi connectivity index (χ3n) is 7.04. The van der Waals surface area contributed by atoms with Gasteiger partial charge in [-0.15, -0.1) is 0 Å². The summed E-state index contributed by atoms with van der Waals surface area (Å²) in [7, 11) is 0. The predicted octanol–water partition coefficient (Wildman–Crippen LogP) is 5.37. The highest BCUT2D eigenvalue weighted by atomic mass is 32.2. The smallest absolute Gasteiger partial charge is 0.233 e. The Balaban J connectivity index is 1.60. The van der Waals surface area contributed by atoms with Crippen molar-refractivity contribution >= 4 is 23.5 Å². The zero-order chi connectivity index (χ0) is 28.5. The van der Waals surface area contributed by atoms with Crippen LogP contribution in [0.25, 0.3) is 0 Å². The lowest BCUT2D eigenvalue weighted by molar-refractivity contribution is -0.133. The number of pyridine rings is 2. The molecule has 1 unspecified atom stereocenters. The number of nitrogens with one attached hydrogen (secondary N) is 2. The van der Waals surface area contributed by atoms with E-state index in [0.717, 1.165) is 38.0 Å². The van der Waals surface area contributed by atoms with Crippen LogP contribution in [0.1, 0.15) is 55.5 Å². The van der Waals surface area contributed by atoms with Gasteiger partial charge in [0.05, 0.1) is 35.7 Å². The molecule has 0 fully saturated rings. The first-order valence-corrected chi connectivity index (χ1v) is 14.5. The molecule has 1 aromatic carbocycles. The highest BCUT2D eigenvalue weighted by Crippen LogP contribution is 2.39. The molecular weight excluding hydrogens is 520 g/mol. The summed E-state index contributed by atoms with van der Waals surface area (Å²) in [5.74, 6) is -0.158. The first-order valence-electron chi connectivity index (χ1n) is 13.7. The van der Waals surface area contributed by atoms with Gasteiger partial charge >= 0.3 is 0 Å². The summed E-state index contributed by atoms with van der Waals surface area (Å²) in [5, 5.41) is 6.12. The van der Waals surface area contributed by atoms with Gasteiger partial charge in [0.1, 0.15) is 0 Å². The second-order valence-electron chi connectivity index (χ2n) is 10.6. The number of aromatic nitrogens is 2. The zero-order valence-electron chi connectivity index (χ0n) is 23.8. The van der Waals surface area contributed by atoms with E-state index in [1.54, 1.807) is 36.6 Å². The fourth-order valence-corrected chi connectivity index (χ4v) is 5.78. The van der Waals surface area contributed by atoms with Crippen LogP contribution in [0.15, 0.2) is 78.0 Å². The Hall–Kier alpha value is -3.40. The van der Waals surface area contributed by atoms with E-state index in [1.165, 1.54) is 21.6 Å². The maximum Gasteiger partial charge on any atom is 0.233 e. The standard InChI is InChI=1S/C31H40N6O2S/c1-5-33-17-26(32)21-39-29(31(3,4)30(38)36-27-9-6-13-34-18-27)24-11-10-22(2)25(16-24)20-37-15-7-8-23-12-14-35-19-28(23)40-37/h6,9-14,16-19,29,33H,5,7-8,15,20-21,32H2,1-4H3,(H,36,38)/b26-17-. The number of nitrogens with two attached hydrogens (primary N) is 1. The monoisotopic (exact) mass is 560 g/mol. The predicted molar refractivity (Wildman–Crippen MR) is 161 cm³/mol. The third-order valence-corrected chi connectivity index (χ3v) is 8.18. The molecule has 0 aliphatic carbocycles. The maximum atomic E-state index is 13.6. The van der Waals surface area contributed by atoms with Crippen LogP contribution in [0.5, 0.6) is 0 Å². The molecule has 1 atom stereocenters. The number of hydrogen-bond acceptors (Lipinski definition) is 8. The number of nitrogens with zero attached hydrogens (tertiary/aromatic N) is 3. The van der Waals surface area contributed by atoms with Crippen molar-refractivity contribution in [1.29, 1.82) is 0 Å². The Kier molecular flexibility index (Phi) is 10.2. The molecule has 1 aliphatic heterocycles. The average Bonchev–Trinajstić information content (AvgIpc) is 3.15. The summed E-state index contributed by atoms with van der Waals surface area (Å²) in [5.41, 5.74) is 11.2. The van der Waals surface area contributed by atoms with Crippen molar-refractivity contribution in [3.8, 4) is 0 Å². The van der Waals surface area contributed by atoms with Gasteiger partial charge in [0.25, 0.3) is 0 Å². The van der Waals surface area contributed by atoms with Crippen LogP contribution in [0.3, 0.4) is 0 Å². The minimum Gasteiger partial charge on any atom is -0.399 e. The first-order chi connectivity index (χ1) is 19.3. The van der Waals surface area contributed by atoms with Gasteiger partial charge in [-0.3, -0.25) is 14.8 Å². The summed E-state index contributed by atoms with van der Waals surface area (Å²) in [6.45, 7) is 10.7. The topological polar surface area (TPSA) is 105 Å². The number of benzene rings is 1. The highest BCUT2D eigenvalue weighted by Gasteiger charge is 2.39. The van der Waals surface area contributed by atoms with Gasteiger partial charge in [-0.2, -0.15) is 0 Å². The molecule has 0 radical (unpaired) electrons. The molecule has 0 saturated carbocycles. The molecular formula is C31H40N6O2S. The second-order valence-corrected chi connectivity index (χ2v) is 11.8. The fraction of sp³-hybridized carbons (Fsp3) is 0.387. The van der Waals surface area contributed by atoms with Crippen LogP contribution in [0.4, 0.5) is 5.69 Å². The van der Waals surface area contributed by atoms with Gasteiger partial charge in [-0.25, -0.2) is 4.31 Å². The Morgan fingerprint density at radius 3 is 2.83 bits per heavy atom. The quantitative estimate of drug-likeness (QED) is 0.269. The maximum absolute atomic E-state index is 13.6. The van der Waals surface area contributed by atoms with E-state index in [2.05, 4.69) is 56.1 Å². The number of aryl methyl sites for hydroxylation is 2. The molecule has 3 aromatic rings. The van der Waals surface area contributed by atoms with E-state index in [0.29, 0.717) is 11.4 Å². The van der Waals surface area contributed by atoms with Gasteiger partial charge in [0.2, 0.25) is 5.91 Å². The summed E-state index contributed by atoms with van der Waals surface area (Å²) < 4.78 is 8.82. The van der Waals surface area contributed by atoms with E-state index in [-0.39, 0.29) is 12.5 Å². The van der Waals surface area contributed by atoms with Crippen molar-refractivity contribution in [3.63, 3.8) is 0 Å².